The van der Waals surface area contributed by atoms with E-state index in [0.717, 1.165) is 24.8 Å². The molecule has 1 aromatic carbocycles. The van der Waals surface area contributed by atoms with Crippen LogP contribution in [0.1, 0.15) is 45.6 Å². The molecule has 0 aromatic heterocycles. The monoisotopic (exact) mass is 288 g/mol. The minimum absolute atomic E-state index is 0.167. The molecule has 0 radical (unpaired) electrons. The highest BCUT2D eigenvalue weighted by Crippen LogP contribution is 2.56. The molecule has 0 N–H and O–H groups in total. The fourth-order valence-corrected chi connectivity index (χ4v) is 3.84. The minimum atomic E-state index is -0.908. The summed E-state index contributed by atoms with van der Waals surface area (Å²) < 4.78 is 11.7. The molecule has 3 atom stereocenters. The van der Waals surface area contributed by atoms with E-state index in [9.17, 15) is 4.79 Å². The Bertz CT molecular complexity index is 523. The standard InChI is InChI=1S/C18H24O3/c1-13-9-10-15-17(2,3)21-18(15,16(19)20-12-11-13)14-7-5-4-6-8-14/h4-8,13,15H,9-12H2,1-3H3/t13-,15+,18+/m0/s1. The van der Waals surface area contributed by atoms with Crippen LogP contribution in [0.4, 0.5) is 0 Å². The van der Waals surface area contributed by atoms with Crippen molar-refractivity contribution in [2.24, 2.45) is 11.8 Å². The van der Waals surface area contributed by atoms with Crippen LogP contribution in [-0.4, -0.2) is 18.2 Å². The first-order chi connectivity index (χ1) is 9.97. The third-order valence-corrected chi connectivity index (χ3v) is 5.05. The van der Waals surface area contributed by atoms with Crippen molar-refractivity contribution >= 4 is 5.97 Å². The normalized spacial score (nSPS) is 35.5. The van der Waals surface area contributed by atoms with Gasteiger partial charge in [0.1, 0.15) is 0 Å². The van der Waals surface area contributed by atoms with E-state index in [0.29, 0.717) is 12.5 Å². The Morgan fingerprint density at radius 2 is 1.81 bits per heavy atom. The number of esters is 1. The van der Waals surface area contributed by atoms with Crippen LogP contribution in [0.15, 0.2) is 30.3 Å². The van der Waals surface area contributed by atoms with E-state index >= 15 is 0 Å². The topological polar surface area (TPSA) is 35.5 Å². The summed E-state index contributed by atoms with van der Waals surface area (Å²) in [5.74, 6) is 0.536. The largest absolute Gasteiger partial charge is 0.463 e. The zero-order valence-corrected chi connectivity index (χ0v) is 13.1. The van der Waals surface area contributed by atoms with Crippen molar-refractivity contribution in [2.45, 2.75) is 51.2 Å². The Labute approximate surface area is 126 Å². The molecule has 3 heteroatoms. The third-order valence-electron chi connectivity index (χ3n) is 5.05. The summed E-state index contributed by atoms with van der Waals surface area (Å²) in [6.45, 7) is 6.88. The van der Waals surface area contributed by atoms with Gasteiger partial charge in [-0.25, -0.2) is 4.79 Å². The second kappa shape index (κ2) is 5.13. The average molecular weight is 288 g/mol. The maximum absolute atomic E-state index is 12.8. The van der Waals surface area contributed by atoms with Gasteiger partial charge in [0.15, 0.2) is 5.60 Å². The highest BCUT2D eigenvalue weighted by Gasteiger charge is 2.66. The van der Waals surface area contributed by atoms with Crippen molar-refractivity contribution in [3.63, 3.8) is 0 Å². The van der Waals surface area contributed by atoms with Crippen LogP contribution in [0, 0.1) is 11.8 Å². The molecule has 0 unspecified atom stereocenters. The molecular formula is C18H24O3. The second-order valence-electron chi connectivity index (χ2n) is 6.97. The predicted molar refractivity (Wildman–Crippen MR) is 80.7 cm³/mol. The minimum Gasteiger partial charge on any atom is -0.463 e. The van der Waals surface area contributed by atoms with Crippen molar-refractivity contribution in [3.8, 4) is 0 Å². The van der Waals surface area contributed by atoms with Gasteiger partial charge < -0.3 is 9.47 Å². The molecule has 0 bridgehead atoms. The third kappa shape index (κ3) is 2.28. The molecule has 2 fully saturated rings. The molecule has 3 rings (SSSR count). The van der Waals surface area contributed by atoms with Crippen molar-refractivity contribution in [1.29, 1.82) is 0 Å². The Morgan fingerprint density at radius 1 is 1.10 bits per heavy atom. The molecule has 0 aliphatic carbocycles. The molecule has 114 valence electrons. The molecule has 3 nitrogen and oxygen atoms in total. The predicted octanol–water partition coefficient (Wildman–Crippen LogP) is 3.67. The second-order valence-corrected chi connectivity index (χ2v) is 6.97. The highest BCUT2D eigenvalue weighted by molar-refractivity contribution is 5.83. The average Bonchev–Trinajstić information content (AvgIpc) is 2.49. The van der Waals surface area contributed by atoms with E-state index in [1.54, 1.807) is 0 Å². The van der Waals surface area contributed by atoms with Gasteiger partial charge in [-0.05, 0) is 38.2 Å². The van der Waals surface area contributed by atoms with Crippen LogP contribution < -0.4 is 0 Å². The summed E-state index contributed by atoms with van der Waals surface area (Å²) in [6, 6.07) is 9.83. The van der Waals surface area contributed by atoms with E-state index in [4.69, 9.17) is 9.47 Å². The first-order valence-electron chi connectivity index (χ1n) is 7.90. The van der Waals surface area contributed by atoms with Gasteiger partial charge in [0.25, 0.3) is 0 Å². The first-order valence-corrected chi connectivity index (χ1v) is 7.90. The molecule has 0 saturated carbocycles. The Balaban J connectivity index is 2.02. The quantitative estimate of drug-likeness (QED) is 0.740. The van der Waals surface area contributed by atoms with Gasteiger partial charge in [-0.2, -0.15) is 0 Å². The number of fused-ring (bicyclic) bond motifs is 1. The molecule has 2 aliphatic heterocycles. The van der Waals surface area contributed by atoms with Crippen LogP contribution in [0.2, 0.25) is 0 Å². The highest BCUT2D eigenvalue weighted by atomic mass is 16.6. The van der Waals surface area contributed by atoms with Crippen molar-refractivity contribution in [3.05, 3.63) is 35.9 Å². The summed E-state index contributed by atoms with van der Waals surface area (Å²) in [4.78, 5) is 12.8. The SMILES string of the molecule is C[C@@H]1CCOC(=O)[C@]2(c3ccccc3)OC(C)(C)[C@H]2CC1. The van der Waals surface area contributed by atoms with Gasteiger partial charge in [0, 0.05) is 5.92 Å². The first kappa shape index (κ1) is 14.6. The molecular weight excluding hydrogens is 264 g/mol. The van der Waals surface area contributed by atoms with E-state index in [1.807, 2.05) is 30.3 Å². The number of carbonyl (C=O) groups is 1. The molecule has 2 saturated heterocycles. The lowest BCUT2D eigenvalue weighted by atomic mass is 9.64. The smallest absolute Gasteiger partial charge is 0.343 e. The molecule has 0 spiro atoms. The van der Waals surface area contributed by atoms with Crippen LogP contribution in [0.25, 0.3) is 0 Å². The van der Waals surface area contributed by atoms with Gasteiger partial charge in [-0.1, -0.05) is 43.7 Å². The summed E-state index contributed by atoms with van der Waals surface area (Å²) in [5.41, 5.74) is -0.262. The van der Waals surface area contributed by atoms with Gasteiger partial charge in [0.05, 0.1) is 12.2 Å². The lowest BCUT2D eigenvalue weighted by Gasteiger charge is -2.58. The number of hydrogen-bond acceptors (Lipinski definition) is 3. The summed E-state index contributed by atoms with van der Waals surface area (Å²) >= 11 is 0. The van der Waals surface area contributed by atoms with E-state index in [1.165, 1.54) is 0 Å². The zero-order valence-electron chi connectivity index (χ0n) is 13.1. The van der Waals surface area contributed by atoms with E-state index in [-0.39, 0.29) is 17.5 Å². The van der Waals surface area contributed by atoms with Crippen LogP contribution in [-0.2, 0) is 19.9 Å². The summed E-state index contributed by atoms with van der Waals surface area (Å²) in [5, 5.41) is 0. The van der Waals surface area contributed by atoms with E-state index < -0.39 is 5.60 Å². The van der Waals surface area contributed by atoms with Gasteiger partial charge in [-0.3, -0.25) is 0 Å². The molecule has 21 heavy (non-hydrogen) atoms. The Hall–Kier alpha value is -1.35. The molecule has 1 aromatic rings. The number of ether oxygens (including phenoxy) is 2. The van der Waals surface area contributed by atoms with Gasteiger partial charge in [0.2, 0.25) is 0 Å². The molecule has 2 aliphatic rings. The van der Waals surface area contributed by atoms with Crippen molar-refractivity contribution < 1.29 is 14.3 Å². The number of benzene rings is 1. The van der Waals surface area contributed by atoms with Crippen molar-refractivity contribution in [1.82, 2.24) is 0 Å². The Morgan fingerprint density at radius 3 is 2.48 bits per heavy atom. The number of carbonyl (C=O) groups excluding carboxylic acids is 1. The molecule has 2 heterocycles. The summed E-state index contributed by atoms with van der Waals surface area (Å²) in [6.07, 6.45) is 3.05. The fourth-order valence-electron chi connectivity index (χ4n) is 3.84. The number of rotatable bonds is 1. The maximum Gasteiger partial charge on any atom is 0.343 e. The lowest BCUT2D eigenvalue weighted by Crippen LogP contribution is -2.67. The fraction of sp³-hybridized carbons (Fsp3) is 0.611. The van der Waals surface area contributed by atoms with Gasteiger partial charge in [-0.15, -0.1) is 0 Å². The van der Waals surface area contributed by atoms with Crippen LogP contribution in [0.3, 0.4) is 0 Å². The van der Waals surface area contributed by atoms with E-state index in [2.05, 4.69) is 20.8 Å². The Kier molecular flexibility index (Phi) is 3.56. The zero-order chi connectivity index (χ0) is 15.1. The van der Waals surface area contributed by atoms with Crippen molar-refractivity contribution in [2.75, 3.05) is 6.61 Å². The molecule has 0 amide bonds. The number of hydrogen-bond donors (Lipinski definition) is 0. The van der Waals surface area contributed by atoms with Crippen LogP contribution in [0.5, 0.6) is 0 Å². The maximum atomic E-state index is 12.8. The van der Waals surface area contributed by atoms with Crippen LogP contribution >= 0.6 is 0 Å². The lowest BCUT2D eigenvalue weighted by molar-refractivity contribution is -0.313. The number of cyclic esters (lactones) is 1. The van der Waals surface area contributed by atoms with Gasteiger partial charge >= 0.3 is 5.97 Å². The summed E-state index contributed by atoms with van der Waals surface area (Å²) in [7, 11) is 0.